The first-order chi connectivity index (χ1) is 15.1. The average Bonchev–Trinajstić information content (AvgIpc) is 3.05. The van der Waals surface area contributed by atoms with E-state index in [1.807, 2.05) is 29.2 Å². The van der Waals surface area contributed by atoms with Crippen molar-refractivity contribution in [3.05, 3.63) is 30.0 Å². The van der Waals surface area contributed by atoms with Crippen molar-refractivity contribution in [1.82, 2.24) is 14.9 Å². The molecule has 0 bridgehead atoms. The van der Waals surface area contributed by atoms with E-state index in [9.17, 15) is 9.59 Å². The summed E-state index contributed by atoms with van der Waals surface area (Å²) >= 11 is 0. The predicted octanol–water partition coefficient (Wildman–Crippen LogP) is 4.06. The van der Waals surface area contributed by atoms with Crippen molar-refractivity contribution in [2.45, 2.75) is 52.9 Å². The largest absolute Gasteiger partial charge is 0.461 e. The van der Waals surface area contributed by atoms with Crippen molar-refractivity contribution in [2.75, 3.05) is 37.7 Å². The van der Waals surface area contributed by atoms with Gasteiger partial charge in [-0.15, -0.1) is 0 Å². The first-order valence-corrected chi connectivity index (χ1v) is 11.6. The summed E-state index contributed by atoms with van der Waals surface area (Å²) < 4.78 is 5.25. The Bertz CT molecular complexity index is 902. The van der Waals surface area contributed by atoms with E-state index in [1.54, 1.807) is 6.92 Å². The third-order valence-electron chi connectivity index (χ3n) is 5.88. The number of carbonyl (C=O) groups is 2. The number of nitrogens with zero attached hydrogens (tertiary/aromatic N) is 4. The molecule has 1 amide bonds. The van der Waals surface area contributed by atoms with Gasteiger partial charge in [0.25, 0.3) is 0 Å². The maximum absolute atomic E-state index is 13.1. The maximum Gasteiger partial charge on any atom is 0.360 e. The molecule has 0 spiro atoms. The van der Waals surface area contributed by atoms with E-state index in [0.29, 0.717) is 24.4 Å². The lowest BCUT2D eigenvalue weighted by Gasteiger charge is -2.26. The molecule has 168 valence electrons. The summed E-state index contributed by atoms with van der Waals surface area (Å²) in [5.74, 6) is 0.443. The van der Waals surface area contributed by atoms with Gasteiger partial charge in [0.2, 0.25) is 5.91 Å². The van der Waals surface area contributed by atoms with Crippen LogP contribution in [0, 0.1) is 5.92 Å². The van der Waals surface area contributed by atoms with Gasteiger partial charge >= 0.3 is 5.97 Å². The molecule has 1 aromatic carbocycles. The van der Waals surface area contributed by atoms with Gasteiger partial charge in [0.15, 0.2) is 11.5 Å². The minimum absolute atomic E-state index is 0.0991. The Kier molecular flexibility index (Phi) is 8.20. The number of hydrogen-bond donors (Lipinski definition) is 0. The van der Waals surface area contributed by atoms with Gasteiger partial charge in [-0.1, -0.05) is 38.8 Å². The van der Waals surface area contributed by atoms with Crippen LogP contribution < -0.4 is 4.90 Å². The Morgan fingerprint density at radius 3 is 2.45 bits per heavy atom. The van der Waals surface area contributed by atoms with Gasteiger partial charge in [0, 0.05) is 32.1 Å². The Balaban J connectivity index is 1.82. The van der Waals surface area contributed by atoms with Crippen LogP contribution in [0.15, 0.2) is 24.3 Å². The minimum atomic E-state index is -0.460. The van der Waals surface area contributed by atoms with Gasteiger partial charge in [-0.2, -0.15) is 0 Å². The maximum atomic E-state index is 13.1. The highest BCUT2D eigenvalue weighted by atomic mass is 16.5. The van der Waals surface area contributed by atoms with Crippen LogP contribution in [-0.4, -0.2) is 59.5 Å². The zero-order chi connectivity index (χ0) is 22.2. The second-order valence-electron chi connectivity index (χ2n) is 8.02. The summed E-state index contributed by atoms with van der Waals surface area (Å²) in [6.07, 6.45) is 4.85. The molecular weight excluding hydrogens is 392 g/mol. The lowest BCUT2D eigenvalue weighted by Crippen LogP contribution is -2.39. The zero-order valence-corrected chi connectivity index (χ0v) is 19.0. The molecule has 1 atom stereocenters. The van der Waals surface area contributed by atoms with Crippen molar-refractivity contribution in [2.24, 2.45) is 5.92 Å². The number of para-hydroxylation sites is 2. The normalized spacial score (nSPS) is 15.6. The van der Waals surface area contributed by atoms with Crippen LogP contribution in [0.3, 0.4) is 0 Å². The number of rotatable bonds is 8. The van der Waals surface area contributed by atoms with E-state index in [1.165, 1.54) is 0 Å². The molecule has 0 saturated carbocycles. The topological polar surface area (TPSA) is 75.6 Å². The van der Waals surface area contributed by atoms with Crippen LogP contribution in [0.5, 0.6) is 0 Å². The number of benzene rings is 1. The van der Waals surface area contributed by atoms with Crippen LogP contribution in [0.25, 0.3) is 11.0 Å². The highest BCUT2D eigenvalue weighted by Gasteiger charge is 2.28. The van der Waals surface area contributed by atoms with Crippen molar-refractivity contribution >= 4 is 28.7 Å². The number of carbonyl (C=O) groups excluding carboxylic acids is 2. The molecule has 1 aliphatic rings. The molecule has 1 aliphatic heterocycles. The number of esters is 1. The fraction of sp³-hybridized carbons (Fsp3) is 0.583. The third-order valence-corrected chi connectivity index (χ3v) is 5.88. The second-order valence-corrected chi connectivity index (χ2v) is 8.02. The van der Waals surface area contributed by atoms with Gasteiger partial charge in [0.1, 0.15) is 0 Å². The summed E-state index contributed by atoms with van der Waals surface area (Å²) in [7, 11) is 0. The summed E-state index contributed by atoms with van der Waals surface area (Å²) in [4.78, 5) is 39.1. The Morgan fingerprint density at radius 2 is 1.77 bits per heavy atom. The van der Waals surface area contributed by atoms with E-state index in [0.717, 1.165) is 50.7 Å². The predicted molar refractivity (Wildman–Crippen MR) is 122 cm³/mol. The van der Waals surface area contributed by atoms with Crippen molar-refractivity contribution in [1.29, 1.82) is 0 Å². The SMILES string of the molecule is CCCC[C@@H](CC)C(=O)N1CCCN(c2nc3ccccc3nc2C(=O)OCC)CC1. The number of hydrogen-bond acceptors (Lipinski definition) is 6. The molecule has 2 heterocycles. The summed E-state index contributed by atoms with van der Waals surface area (Å²) in [6.45, 7) is 9.01. The number of fused-ring (bicyclic) bond motifs is 1. The standard InChI is InChI=1S/C24H34N4O3/c1-4-7-11-18(5-2)23(29)28-15-10-14-27(16-17-28)22-21(24(30)31-6-3)25-19-12-8-9-13-20(19)26-22/h8-9,12-13,18H,4-7,10-11,14-17H2,1-3H3/t18-/m1/s1. The van der Waals surface area contributed by atoms with Gasteiger partial charge in [0.05, 0.1) is 17.6 Å². The van der Waals surface area contributed by atoms with Crippen molar-refractivity contribution < 1.29 is 14.3 Å². The van der Waals surface area contributed by atoms with Crippen LogP contribution >= 0.6 is 0 Å². The summed E-state index contributed by atoms with van der Waals surface area (Å²) in [5, 5.41) is 0. The number of anilines is 1. The molecule has 3 rings (SSSR count). The smallest absolute Gasteiger partial charge is 0.360 e. The first kappa shape index (κ1) is 23.0. The van der Waals surface area contributed by atoms with Gasteiger partial charge in [-0.05, 0) is 38.3 Å². The fourth-order valence-electron chi connectivity index (χ4n) is 4.11. The summed E-state index contributed by atoms with van der Waals surface area (Å²) in [5.41, 5.74) is 1.66. The van der Waals surface area contributed by atoms with Gasteiger partial charge in [-0.25, -0.2) is 14.8 Å². The van der Waals surface area contributed by atoms with Crippen LogP contribution in [0.2, 0.25) is 0 Å². The zero-order valence-electron chi connectivity index (χ0n) is 19.0. The van der Waals surface area contributed by atoms with E-state index >= 15 is 0 Å². The van der Waals surface area contributed by atoms with Crippen molar-refractivity contribution in [3.8, 4) is 0 Å². The molecule has 7 heteroatoms. The fourth-order valence-corrected chi connectivity index (χ4v) is 4.11. The Morgan fingerprint density at radius 1 is 1.03 bits per heavy atom. The van der Waals surface area contributed by atoms with Crippen LogP contribution in [-0.2, 0) is 9.53 Å². The first-order valence-electron chi connectivity index (χ1n) is 11.6. The summed E-state index contributed by atoms with van der Waals surface area (Å²) in [6, 6.07) is 7.53. The van der Waals surface area contributed by atoms with E-state index in [-0.39, 0.29) is 24.1 Å². The molecule has 1 saturated heterocycles. The Hall–Kier alpha value is -2.70. The number of amides is 1. The number of unbranched alkanes of at least 4 members (excludes halogenated alkanes) is 1. The van der Waals surface area contributed by atoms with E-state index in [2.05, 4.69) is 23.7 Å². The molecule has 0 unspecified atom stereocenters. The van der Waals surface area contributed by atoms with Crippen molar-refractivity contribution in [3.63, 3.8) is 0 Å². The molecule has 1 fully saturated rings. The quantitative estimate of drug-likeness (QED) is 0.593. The monoisotopic (exact) mass is 426 g/mol. The van der Waals surface area contributed by atoms with Gasteiger partial charge in [-0.3, -0.25) is 4.79 Å². The van der Waals surface area contributed by atoms with E-state index in [4.69, 9.17) is 9.72 Å². The third kappa shape index (κ3) is 5.51. The number of ether oxygens (including phenoxy) is 1. The molecule has 0 N–H and O–H groups in total. The molecular formula is C24H34N4O3. The highest BCUT2D eigenvalue weighted by Crippen LogP contribution is 2.24. The van der Waals surface area contributed by atoms with Crippen LogP contribution in [0.1, 0.15) is 63.4 Å². The lowest BCUT2D eigenvalue weighted by molar-refractivity contribution is -0.135. The second kappa shape index (κ2) is 11.1. The molecule has 0 aliphatic carbocycles. The van der Waals surface area contributed by atoms with Crippen LogP contribution in [0.4, 0.5) is 5.82 Å². The minimum Gasteiger partial charge on any atom is -0.461 e. The molecule has 1 aromatic heterocycles. The molecule has 31 heavy (non-hydrogen) atoms. The number of aromatic nitrogens is 2. The Labute approximate surface area is 184 Å². The molecule has 0 radical (unpaired) electrons. The van der Waals surface area contributed by atoms with E-state index < -0.39 is 5.97 Å². The lowest BCUT2D eigenvalue weighted by atomic mass is 9.97. The average molecular weight is 427 g/mol. The van der Waals surface area contributed by atoms with Gasteiger partial charge < -0.3 is 14.5 Å². The highest BCUT2D eigenvalue weighted by molar-refractivity contribution is 5.95. The molecule has 2 aromatic rings. The molecule has 7 nitrogen and oxygen atoms in total.